The van der Waals surface area contributed by atoms with Crippen molar-refractivity contribution >= 4 is 152 Å². The molecule has 0 bridgehead atoms. The van der Waals surface area contributed by atoms with Gasteiger partial charge >= 0.3 is 0 Å². The lowest BCUT2D eigenvalue weighted by Crippen LogP contribution is -2.14. The minimum Gasteiger partial charge on any atom is -0.311 e. The van der Waals surface area contributed by atoms with E-state index in [1.807, 2.05) is 0 Å². The molecule has 0 unspecified atom stereocenters. The van der Waals surface area contributed by atoms with Gasteiger partial charge in [0.2, 0.25) is 0 Å². The third kappa shape index (κ3) is 13.5. The Morgan fingerprint density at radius 1 is 0.0917 bits per heavy atom. The van der Waals surface area contributed by atoms with Crippen LogP contribution in [0.4, 0.5) is 119 Å². The second-order valence-corrected chi connectivity index (χ2v) is 27.0. The van der Waals surface area contributed by atoms with Crippen molar-refractivity contribution in [2.24, 2.45) is 0 Å². The Balaban J connectivity index is 0.765. The largest absolute Gasteiger partial charge is 0.311 e. The summed E-state index contributed by atoms with van der Waals surface area (Å²) in [5.41, 5.74) is 22.0. The summed E-state index contributed by atoms with van der Waals surface area (Å²) in [5, 5.41) is 6.95. The molecular weight excluding hydrogens is 1320 g/mol. The molecule has 0 saturated carbocycles. The maximum Gasteiger partial charge on any atom is 0.0540 e. The molecule has 18 aromatic rings. The Hall–Kier alpha value is -14.7. The van der Waals surface area contributed by atoms with Crippen molar-refractivity contribution in [2.75, 3.05) is 34.3 Å². The van der Waals surface area contributed by atoms with Crippen molar-refractivity contribution in [2.45, 2.75) is 0 Å². The number of anilines is 21. The molecule has 0 atom stereocenters. The molecule has 0 saturated heterocycles. The fourth-order valence-electron chi connectivity index (χ4n) is 15.2. The van der Waals surface area contributed by atoms with E-state index in [1.165, 1.54) is 16.2 Å². The van der Waals surface area contributed by atoms with Gasteiger partial charge in [0, 0.05) is 119 Å². The average molecular weight is 1400 g/mol. The quantitative estimate of drug-likeness (QED) is 0.0706. The van der Waals surface area contributed by atoms with Crippen LogP contribution in [0.15, 0.2) is 455 Å². The minimum atomic E-state index is 0.990. The molecule has 0 spiro atoms. The van der Waals surface area contributed by atoms with E-state index in [4.69, 9.17) is 0 Å². The van der Waals surface area contributed by atoms with E-state index in [0.717, 1.165) is 136 Å². The standard InChI is InChI=1S/C102H75N7/c1-7-34-79(35-8-1)103(80-36-9-2-10-37-80)85-52-64-91(65-53-85)107(100-49-25-31-76-28-19-22-46-97(76)100)94-70-58-88(59-71-94)106(89-60-72-95(73-61-89)108(101-50-26-32-77-29-20-23-47-98(77)101)92-66-54-86(55-67-92)104(81-38-11-3-12-39-81)82-40-13-4-14-41-82)90-62-74-96(75-63-90)109(102-51-27-33-78-30-21-24-48-99(78)102)93-68-56-87(57-69-93)105(83-42-15-5-16-43-83)84-44-17-6-18-45-84/h1-75H. The predicted molar refractivity (Wildman–Crippen MR) is 462 cm³/mol. The molecule has 518 valence electrons. The number of hydrogen-bond acceptors (Lipinski definition) is 7. The highest BCUT2D eigenvalue weighted by Gasteiger charge is 2.25. The monoisotopic (exact) mass is 1400 g/mol. The van der Waals surface area contributed by atoms with Crippen molar-refractivity contribution in [3.05, 3.63) is 455 Å². The second kappa shape index (κ2) is 30.2. The van der Waals surface area contributed by atoms with Crippen LogP contribution in [0.1, 0.15) is 0 Å². The Labute approximate surface area is 637 Å². The number of hydrogen-bond donors (Lipinski definition) is 0. The first-order chi connectivity index (χ1) is 54.1. The maximum atomic E-state index is 2.39. The van der Waals surface area contributed by atoms with E-state index in [-0.39, 0.29) is 0 Å². The zero-order chi connectivity index (χ0) is 72.7. The number of fused-ring (bicyclic) bond motifs is 3. The van der Waals surface area contributed by atoms with Crippen LogP contribution in [0.2, 0.25) is 0 Å². The molecule has 18 rings (SSSR count). The molecule has 18 aromatic carbocycles. The molecule has 0 aliphatic heterocycles. The summed E-state index contributed by atoms with van der Waals surface area (Å²) in [4.78, 5) is 16.5. The predicted octanol–water partition coefficient (Wildman–Crippen LogP) is 29.4. The lowest BCUT2D eigenvalue weighted by atomic mass is 10.1. The van der Waals surface area contributed by atoms with Crippen molar-refractivity contribution in [3.8, 4) is 0 Å². The Morgan fingerprint density at radius 2 is 0.220 bits per heavy atom. The number of rotatable bonds is 21. The molecule has 0 amide bonds. The Kier molecular flexibility index (Phi) is 18.4. The van der Waals surface area contributed by atoms with Gasteiger partial charge in [-0.25, -0.2) is 0 Å². The summed E-state index contributed by atoms with van der Waals surface area (Å²) in [6.07, 6.45) is 0. The zero-order valence-electron chi connectivity index (χ0n) is 59.9. The van der Waals surface area contributed by atoms with Gasteiger partial charge in [-0.05, 0) is 253 Å². The summed E-state index contributed by atoms with van der Waals surface area (Å²) in [6.45, 7) is 0. The first kappa shape index (κ1) is 66.3. The molecule has 0 N–H and O–H groups in total. The molecular formula is C102H75N7. The Bertz CT molecular complexity index is 5340. The lowest BCUT2D eigenvalue weighted by Gasteiger charge is -2.31. The maximum absolute atomic E-state index is 2.39. The first-order valence-electron chi connectivity index (χ1n) is 37.1. The van der Waals surface area contributed by atoms with E-state index >= 15 is 0 Å². The van der Waals surface area contributed by atoms with E-state index in [1.54, 1.807) is 0 Å². The third-order valence-corrected chi connectivity index (χ3v) is 20.3. The average Bonchev–Trinajstić information content (AvgIpc) is 0.768. The minimum absolute atomic E-state index is 0.990. The normalized spacial score (nSPS) is 11.1. The zero-order valence-corrected chi connectivity index (χ0v) is 59.9. The van der Waals surface area contributed by atoms with Crippen molar-refractivity contribution in [3.63, 3.8) is 0 Å². The highest BCUT2D eigenvalue weighted by Crippen LogP contribution is 2.49. The van der Waals surface area contributed by atoms with Crippen LogP contribution >= 0.6 is 0 Å². The molecule has 0 aliphatic carbocycles. The smallest absolute Gasteiger partial charge is 0.0540 e. The van der Waals surface area contributed by atoms with E-state index < -0.39 is 0 Å². The van der Waals surface area contributed by atoms with E-state index in [0.29, 0.717) is 0 Å². The summed E-state index contributed by atoms with van der Waals surface area (Å²) in [6, 6.07) is 164. The molecule has 0 radical (unpaired) electrons. The van der Waals surface area contributed by atoms with Gasteiger partial charge < -0.3 is 34.3 Å². The highest BCUT2D eigenvalue weighted by molar-refractivity contribution is 6.03. The molecule has 0 aliphatic rings. The topological polar surface area (TPSA) is 22.7 Å². The van der Waals surface area contributed by atoms with Crippen LogP contribution in [0.3, 0.4) is 0 Å². The van der Waals surface area contributed by atoms with E-state index in [9.17, 15) is 0 Å². The van der Waals surface area contributed by atoms with Crippen molar-refractivity contribution in [1.29, 1.82) is 0 Å². The van der Waals surface area contributed by atoms with Gasteiger partial charge in [-0.2, -0.15) is 0 Å². The lowest BCUT2D eigenvalue weighted by molar-refractivity contribution is 1.24. The molecule has 7 heteroatoms. The third-order valence-electron chi connectivity index (χ3n) is 20.3. The van der Waals surface area contributed by atoms with Gasteiger partial charge in [0.25, 0.3) is 0 Å². The fraction of sp³-hybridized carbons (Fsp3) is 0. The molecule has 7 nitrogen and oxygen atoms in total. The summed E-state index contributed by atoms with van der Waals surface area (Å²) in [7, 11) is 0. The summed E-state index contributed by atoms with van der Waals surface area (Å²) >= 11 is 0. The van der Waals surface area contributed by atoms with Crippen LogP contribution in [0.5, 0.6) is 0 Å². The van der Waals surface area contributed by atoms with Gasteiger partial charge in [-0.3, -0.25) is 0 Å². The van der Waals surface area contributed by atoms with Crippen LogP contribution in [0.25, 0.3) is 32.3 Å². The summed E-state index contributed by atoms with van der Waals surface area (Å²) in [5.74, 6) is 0. The molecule has 0 aromatic heterocycles. The second-order valence-electron chi connectivity index (χ2n) is 27.0. The Morgan fingerprint density at radius 3 is 0.394 bits per heavy atom. The fourth-order valence-corrected chi connectivity index (χ4v) is 15.2. The number of nitrogens with zero attached hydrogens (tertiary/aromatic N) is 7. The first-order valence-corrected chi connectivity index (χ1v) is 37.1. The van der Waals surface area contributed by atoms with Gasteiger partial charge in [0.05, 0.1) is 17.1 Å². The van der Waals surface area contributed by atoms with Gasteiger partial charge in [0.15, 0.2) is 0 Å². The van der Waals surface area contributed by atoms with Crippen LogP contribution < -0.4 is 34.3 Å². The molecule has 0 heterocycles. The van der Waals surface area contributed by atoms with Gasteiger partial charge in [0.1, 0.15) is 0 Å². The van der Waals surface area contributed by atoms with Gasteiger partial charge in [-0.15, -0.1) is 0 Å². The number of para-hydroxylation sites is 6. The van der Waals surface area contributed by atoms with E-state index in [2.05, 4.69) is 489 Å². The number of benzene rings is 18. The van der Waals surface area contributed by atoms with Crippen molar-refractivity contribution in [1.82, 2.24) is 0 Å². The SMILES string of the molecule is c1ccc(N(c2ccccc2)c2ccc(N(c3ccc(N(c4ccc(N(c5ccc(N(c6ccccc6)c6ccccc6)cc5)c5cccc6ccccc56)cc4)c4ccc(N(c5ccc(N(c6ccccc6)c6ccccc6)cc5)c5cccc6ccccc56)cc4)cc3)c3cccc4ccccc34)cc2)cc1. The summed E-state index contributed by atoms with van der Waals surface area (Å²) < 4.78 is 0. The highest BCUT2D eigenvalue weighted by atomic mass is 15.2. The van der Waals surface area contributed by atoms with Crippen LogP contribution in [0, 0.1) is 0 Å². The van der Waals surface area contributed by atoms with Crippen LogP contribution in [-0.4, -0.2) is 0 Å². The van der Waals surface area contributed by atoms with Gasteiger partial charge in [-0.1, -0.05) is 218 Å². The molecule has 109 heavy (non-hydrogen) atoms. The van der Waals surface area contributed by atoms with Crippen molar-refractivity contribution < 1.29 is 0 Å². The van der Waals surface area contributed by atoms with Crippen LogP contribution in [-0.2, 0) is 0 Å². The molecule has 0 fully saturated rings.